The largest absolute Gasteiger partial charge is 0.444 e. The van der Waals surface area contributed by atoms with E-state index < -0.39 is 62.0 Å². The van der Waals surface area contributed by atoms with Gasteiger partial charge in [-0.15, -0.1) is 0 Å². The lowest BCUT2D eigenvalue weighted by atomic mass is 9.96. The highest BCUT2D eigenvalue weighted by atomic mass is 32.2. The Morgan fingerprint density at radius 1 is 0.913 bits per heavy atom. The number of hydrogen-bond donors (Lipinski definition) is 0. The van der Waals surface area contributed by atoms with Crippen molar-refractivity contribution in [1.29, 1.82) is 0 Å². The molecule has 0 saturated carbocycles. The van der Waals surface area contributed by atoms with Crippen molar-refractivity contribution >= 4 is 26.3 Å². The molecule has 2 aromatic rings. The molecule has 4 atom stereocenters. The topological polar surface area (TPSA) is 144 Å². The van der Waals surface area contributed by atoms with Gasteiger partial charge in [0.05, 0.1) is 45.0 Å². The summed E-state index contributed by atoms with van der Waals surface area (Å²) in [6, 6.07) is 17.8. The lowest BCUT2D eigenvalue weighted by Crippen LogP contribution is -2.58. The zero-order valence-corrected chi connectivity index (χ0v) is 29.2. The van der Waals surface area contributed by atoms with Crippen LogP contribution in [0.5, 0.6) is 0 Å². The molecule has 0 unspecified atom stereocenters. The van der Waals surface area contributed by atoms with Crippen molar-refractivity contribution in [2.45, 2.75) is 96.4 Å². The molecule has 12 nitrogen and oxygen atoms in total. The molecule has 0 bridgehead atoms. The van der Waals surface area contributed by atoms with Crippen molar-refractivity contribution in [3.63, 3.8) is 0 Å². The zero-order valence-electron chi connectivity index (χ0n) is 27.6. The summed E-state index contributed by atoms with van der Waals surface area (Å²) in [5, 5.41) is 0. The SMILES string of the molecule is CC(C)(C)OC(=O)N1[C@@H]([C@@H](OCc2ccccc2)[C@@H](OCc2ccccc2)[C@H](CCCOS(C)(=O)=O)OS(C)(=O)=O)COC1(C)C. The molecule has 1 saturated heterocycles. The average Bonchev–Trinajstić information content (AvgIpc) is 3.26. The van der Waals surface area contributed by atoms with E-state index in [1.807, 2.05) is 60.7 Å². The van der Waals surface area contributed by atoms with Gasteiger partial charge < -0.3 is 18.9 Å². The van der Waals surface area contributed by atoms with Gasteiger partial charge in [-0.2, -0.15) is 16.8 Å². The molecule has 1 amide bonds. The van der Waals surface area contributed by atoms with E-state index in [1.165, 1.54) is 4.90 Å². The minimum absolute atomic E-state index is 0.0245. The van der Waals surface area contributed by atoms with E-state index in [0.717, 1.165) is 23.6 Å². The normalized spacial score (nSPS) is 19.0. The third kappa shape index (κ3) is 12.5. The molecule has 0 aliphatic carbocycles. The second-order valence-corrected chi connectivity index (χ2v) is 15.9. The molecule has 0 N–H and O–H groups in total. The van der Waals surface area contributed by atoms with E-state index in [0.29, 0.717) is 0 Å². The molecule has 0 spiro atoms. The number of carbonyl (C=O) groups is 1. The van der Waals surface area contributed by atoms with Crippen molar-refractivity contribution in [1.82, 2.24) is 4.90 Å². The second-order valence-electron chi connectivity index (χ2n) is 12.7. The van der Waals surface area contributed by atoms with Gasteiger partial charge in [0, 0.05) is 0 Å². The van der Waals surface area contributed by atoms with E-state index in [1.54, 1.807) is 34.6 Å². The van der Waals surface area contributed by atoms with Crippen LogP contribution in [0.25, 0.3) is 0 Å². The van der Waals surface area contributed by atoms with Gasteiger partial charge in [0.2, 0.25) is 0 Å². The predicted octanol–water partition coefficient (Wildman–Crippen LogP) is 4.63. The highest BCUT2D eigenvalue weighted by Crippen LogP contribution is 2.35. The van der Waals surface area contributed by atoms with Crippen LogP contribution in [0.2, 0.25) is 0 Å². The third-order valence-electron chi connectivity index (χ3n) is 6.98. The van der Waals surface area contributed by atoms with Crippen LogP contribution < -0.4 is 0 Å². The minimum Gasteiger partial charge on any atom is -0.444 e. The first-order chi connectivity index (χ1) is 21.3. The summed E-state index contributed by atoms with van der Waals surface area (Å²) < 4.78 is 83.9. The first-order valence-electron chi connectivity index (χ1n) is 15.0. The van der Waals surface area contributed by atoms with Crippen molar-refractivity contribution < 1.29 is 48.9 Å². The Labute approximate surface area is 273 Å². The van der Waals surface area contributed by atoms with Crippen LogP contribution in [0, 0.1) is 0 Å². The first kappa shape index (κ1) is 37.9. The molecule has 1 fully saturated rings. The van der Waals surface area contributed by atoms with Crippen molar-refractivity contribution in [2.75, 3.05) is 25.7 Å². The van der Waals surface area contributed by atoms with E-state index in [2.05, 4.69) is 0 Å². The predicted molar refractivity (Wildman–Crippen MR) is 172 cm³/mol. The Bertz CT molecular complexity index is 1460. The number of hydrogen-bond acceptors (Lipinski definition) is 11. The van der Waals surface area contributed by atoms with E-state index in [4.69, 9.17) is 27.3 Å². The number of rotatable bonds is 16. The fourth-order valence-corrected chi connectivity index (χ4v) is 6.17. The summed E-state index contributed by atoms with van der Waals surface area (Å²) in [6.45, 7) is 8.72. The highest BCUT2D eigenvalue weighted by molar-refractivity contribution is 7.86. The molecule has 0 radical (unpaired) electrons. The van der Waals surface area contributed by atoms with Crippen LogP contribution in [0.3, 0.4) is 0 Å². The van der Waals surface area contributed by atoms with Gasteiger partial charge in [-0.3, -0.25) is 13.3 Å². The standard InChI is InChI=1S/C32H47NO11S2/c1-31(2,3)43-30(34)33-26(23-41-32(33,4)5)28(39-21-24-15-10-8-11-16-24)29(40-22-25-17-12-9-13-18-25)27(44-46(7,37)38)19-14-20-42-45(6,35)36/h8-13,15-18,26-29H,14,19-23H2,1-7H3/t26-,27+,28-,29+/m1/s1. The van der Waals surface area contributed by atoms with Crippen LogP contribution in [0.4, 0.5) is 4.79 Å². The fourth-order valence-electron chi connectivity index (χ4n) is 5.10. The molecule has 0 aromatic heterocycles. The quantitative estimate of drug-likeness (QED) is 0.180. The molecule has 46 heavy (non-hydrogen) atoms. The van der Waals surface area contributed by atoms with E-state index in [-0.39, 0.29) is 39.3 Å². The van der Waals surface area contributed by atoms with Gasteiger partial charge in [0.25, 0.3) is 20.2 Å². The molecular weight excluding hydrogens is 638 g/mol. The summed E-state index contributed by atoms with van der Waals surface area (Å²) in [6.07, 6.45) is -1.89. The minimum atomic E-state index is -4.05. The summed E-state index contributed by atoms with van der Waals surface area (Å²) in [5.41, 5.74) is -0.286. The maximum atomic E-state index is 13.7. The Morgan fingerprint density at radius 3 is 1.96 bits per heavy atom. The molecule has 1 heterocycles. The Balaban J connectivity index is 2.09. The van der Waals surface area contributed by atoms with Crippen molar-refractivity contribution in [2.24, 2.45) is 0 Å². The Morgan fingerprint density at radius 2 is 1.46 bits per heavy atom. The van der Waals surface area contributed by atoms with E-state index >= 15 is 0 Å². The van der Waals surface area contributed by atoms with Crippen LogP contribution in [0.15, 0.2) is 60.7 Å². The van der Waals surface area contributed by atoms with Gasteiger partial charge in [-0.25, -0.2) is 4.79 Å². The maximum Gasteiger partial charge on any atom is 0.412 e. The number of nitrogens with zero attached hydrogens (tertiary/aromatic N) is 1. The van der Waals surface area contributed by atoms with Crippen LogP contribution in [0.1, 0.15) is 58.6 Å². The number of amides is 1. The number of benzene rings is 2. The van der Waals surface area contributed by atoms with Crippen LogP contribution >= 0.6 is 0 Å². The average molecular weight is 686 g/mol. The van der Waals surface area contributed by atoms with Crippen molar-refractivity contribution in [3.8, 4) is 0 Å². The highest BCUT2D eigenvalue weighted by Gasteiger charge is 2.52. The maximum absolute atomic E-state index is 13.7. The second kappa shape index (κ2) is 16.0. The summed E-state index contributed by atoms with van der Waals surface area (Å²) >= 11 is 0. The molecule has 2 aromatic carbocycles. The van der Waals surface area contributed by atoms with Gasteiger partial charge in [0.1, 0.15) is 29.6 Å². The summed E-state index contributed by atoms with van der Waals surface area (Å²) in [5.74, 6) is 0. The summed E-state index contributed by atoms with van der Waals surface area (Å²) in [4.78, 5) is 15.2. The van der Waals surface area contributed by atoms with Gasteiger partial charge in [-0.05, 0) is 58.6 Å². The van der Waals surface area contributed by atoms with Gasteiger partial charge in [0.15, 0.2) is 0 Å². The molecule has 3 rings (SSSR count). The monoisotopic (exact) mass is 685 g/mol. The first-order valence-corrected chi connectivity index (χ1v) is 18.7. The van der Waals surface area contributed by atoms with Gasteiger partial charge in [-0.1, -0.05) is 60.7 Å². The molecule has 1 aliphatic rings. The number of ether oxygens (including phenoxy) is 4. The van der Waals surface area contributed by atoms with Crippen LogP contribution in [-0.2, 0) is 60.8 Å². The molecule has 14 heteroatoms. The Kier molecular flexibility index (Phi) is 13.2. The Hall–Kier alpha value is -2.59. The zero-order chi connectivity index (χ0) is 34.2. The summed E-state index contributed by atoms with van der Waals surface area (Å²) in [7, 11) is -7.78. The lowest BCUT2D eigenvalue weighted by molar-refractivity contribution is -0.149. The molecular formula is C32H47NO11S2. The number of carbonyl (C=O) groups excluding carboxylic acids is 1. The smallest absolute Gasteiger partial charge is 0.412 e. The molecule has 258 valence electrons. The third-order valence-corrected chi connectivity index (χ3v) is 8.17. The van der Waals surface area contributed by atoms with Crippen LogP contribution in [-0.4, -0.2) is 89.2 Å². The van der Waals surface area contributed by atoms with E-state index in [9.17, 15) is 21.6 Å². The molecule has 1 aliphatic heterocycles. The lowest BCUT2D eigenvalue weighted by Gasteiger charge is -2.41. The van der Waals surface area contributed by atoms with Gasteiger partial charge >= 0.3 is 6.09 Å². The van der Waals surface area contributed by atoms with Crippen molar-refractivity contribution in [3.05, 3.63) is 71.8 Å². The fraction of sp³-hybridized carbons (Fsp3) is 0.594.